The molecular weight excluding hydrogens is 318 g/mol. The van der Waals surface area contributed by atoms with Gasteiger partial charge in [0.25, 0.3) is 0 Å². The van der Waals surface area contributed by atoms with E-state index in [1.165, 1.54) is 56.3 Å². The molecule has 1 heterocycles. The molecule has 5 atom stereocenters. The Balaban J connectivity index is 1.57. The van der Waals surface area contributed by atoms with E-state index in [0.717, 1.165) is 29.4 Å². The van der Waals surface area contributed by atoms with E-state index in [-0.39, 0.29) is 5.41 Å². The lowest BCUT2D eigenvalue weighted by Gasteiger charge is -2.55. The van der Waals surface area contributed by atoms with Gasteiger partial charge < -0.3 is 9.64 Å². The fourth-order valence-electron chi connectivity index (χ4n) is 6.56. The van der Waals surface area contributed by atoms with Gasteiger partial charge in [-0.05, 0) is 99.4 Å². The van der Waals surface area contributed by atoms with E-state index < -0.39 is 0 Å². The normalized spacial score (nSPS) is 39.3. The van der Waals surface area contributed by atoms with E-state index in [1.54, 1.807) is 12.7 Å². The van der Waals surface area contributed by atoms with Gasteiger partial charge in [-0.2, -0.15) is 0 Å². The zero-order chi connectivity index (χ0) is 18.1. The summed E-state index contributed by atoms with van der Waals surface area (Å²) in [5.41, 5.74) is 4.78. The lowest BCUT2D eigenvalue weighted by Crippen LogP contribution is -2.58. The second-order valence-electron chi connectivity index (χ2n) is 9.63. The van der Waals surface area contributed by atoms with Gasteiger partial charge in [-0.3, -0.25) is 0 Å². The number of allylic oxidation sites excluding steroid dienone is 1. The molecule has 1 aliphatic heterocycles. The molecular formula is C24H33NO. The third-order valence-corrected chi connectivity index (χ3v) is 8.12. The SMILES string of the molecule is C=C1C[C@@]2(c3cc(OC)ccc3C)CCN(CC3CC3)[C@H](C)C2C2CC12. The zero-order valence-electron chi connectivity index (χ0n) is 16.6. The lowest BCUT2D eigenvalue weighted by atomic mass is 9.55. The fourth-order valence-corrected chi connectivity index (χ4v) is 6.56. The Morgan fingerprint density at radius 3 is 2.85 bits per heavy atom. The van der Waals surface area contributed by atoms with Crippen LogP contribution in [0.15, 0.2) is 30.4 Å². The number of fused-ring (bicyclic) bond motifs is 3. The van der Waals surface area contributed by atoms with Crippen LogP contribution >= 0.6 is 0 Å². The number of ether oxygens (including phenoxy) is 1. The molecule has 1 aromatic carbocycles. The second-order valence-corrected chi connectivity index (χ2v) is 9.63. The van der Waals surface area contributed by atoms with Gasteiger partial charge in [-0.1, -0.05) is 18.2 Å². The van der Waals surface area contributed by atoms with Crippen LogP contribution < -0.4 is 4.74 Å². The molecule has 0 amide bonds. The van der Waals surface area contributed by atoms with E-state index in [1.807, 2.05) is 0 Å². The van der Waals surface area contributed by atoms with Crippen molar-refractivity contribution >= 4 is 0 Å². The molecule has 1 saturated heterocycles. The molecule has 0 spiro atoms. The molecule has 0 radical (unpaired) electrons. The first-order valence-electron chi connectivity index (χ1n) is 10.6. The van der Waals surface area contributed by atoms with E-state index in [0.29, 0.717) is 6.04 Å². The first-order chi connectivity index (χ1) is 12.5. The Hall–Kier alpha value is -1.28. The summed E-state index contributed by atoms with van der Waals surface area (Å²) in [6.07, 6.45) is 6.77. The number of methoxy groups -OCH3 is 1. The number of rotatable bonds is 4. The predicted molar refractivity (Wildman–Crippen MR) is 107 cm³/mol. The highest BCUT2D eigenvalue weighted by atomic mass is 16.5. The minimum atomic E-state index is 0.271. The Bertz CT molecular complexity index is 736. The number of hydrogen-bond donors (Lipinski definition) is 0. The number of hydrogen-bond acceptors (Lipinski definition) is 2. The van der Waals surface area contributed by atoms with Gasteiger partial charge in [0.1, 0.15) is 5.75 Å². The summed E-state index contributed by atoms with van der Waals surface area (Å²) < 4.78 is 5.62. The molecule has 0 aromatic heterocycles. The van der Waals surface area contributed by atoms with Gasteiger partial charge in [0, 0.05) is 18.0 Å². The van der Waals surface area contributed by atoms with E-state index in [2.05, 4.69) is 43.5 Å². The van der Waals surface area contributed by atoms with Gasteiger partial charge in [-0.15, -0.1) is 0 Å². The largest absolute Gasteiger partial charge is 0.497 e. The number of nitrogens with zero attached hydrogens (tertiary/aromatic N) is 1. The molecule has 2 heteroatoms. The van der Waals surface area contributed by atoms with E-state index >= 15 is 0 Å². The lowest BCUT2D eigenvalue weighted by molar-refractivity contribution is 0.00820. The molecule has 140 valence electrons. The number of piperidine rings is 1. The summed E-state index contributed by atoms with van der Waals surface area (Å²) in [7, 11) is 1.79. The average molecular weight is 352 g/mol. The van der Waals surface area contributed by atoms with Crippen molar-refractivity contribution in [2.45, 2.75) is 57.4 Å². The summed E-state index contributed by atoms with van der Waals surface area (Å²) in [5.74, 6) is 4.44. The van der Waals surface area contributed by atoms with Crippen LogP contribution in [0.25, 0.3) is 0 Å². The summed E-state index contributed by atoms with van der Waals surface area (Å²) in [4.78, 5) is 2.83. The summed E-state index contributed by atoms with van der Waals surface area (Å²) >= 11 is 0. The molecule has 4 fully saturated rings. The van der Waals surface area contributed by atoms with Gasteiger partial charge in [0.2, 0.25) is 0 Å². The number of aryl methyl sites for hydroxylation is 1. The van der Waals surface area contributed by atoms with Gasteiger partial charge in [0.05, 0.1) is 7.11 Å². The molecule has 3 aliphatic carbocycles. The molecule has 0 N–H and O–H groups in total. The highest BCUT2D eigenvalue weighted by Crippen LogP contribution is 2.66. The third-order valence-electron chi connectivity index (χ3n) is 8.12. The van der Waals surface area contributed by atoms with Gasteiger partial charge >= 0.3 is 0 Å². The molecule has 1 aromatic rings. The molecule has 0 bridgehead atoms. The molecule has 26 heavy (non-hydrogen) atoms. The van der Waals surface area contributed by atoms with Crippen molar-refractivity contribution in [1.82, 2.24) is 4.90 Å². The Morgan fingerprint density at radius 1 is 1.31 bits per heavy atom. The van der Waals surface area contributed by atoms with Crippen LogP contribution in [0.1, 0.15) is 50.2 Å². The number of benzene rings is 1. The Labute approximate surface area is 158 Å². The first kappa shape index (κ1) is 16.9. The molecule has 2 nitrogen and oxygen atoms in total. The van der Waals surface area contributed by atoms with Crippen LogP contribution in [0.2, 0.25) is 0 Å². The molecule has 3 saturated carbocycles. The van der Waals surface area contributed by atoms with Gasteiger partial charge in [-0.25, -0.2) is 0 Å². The summed E-state index contributed by atoms with van der Waals surface area (Å²) in [6.45, 7) is 11.9. The van der Waals surface area contributed by atoms with Crippen molar-refractivity contribution in [2.24, 2.45) is 23.7 Å². The van der Waals surface area contributed by atoms with Crippen LogP contribution in [0.4, 0.5) is 0 Å². The summed E-state index contributed by atoms with van der Waals surface area (Å²) in [6, 6.07) is 7.43. The maximum Gasteiger partial charge on any atom is 0.119 e. The van der Waals surface area contributed by atoms with Gasteiger partial charge in [0.15, 0.2) is 0 Å². The minimum absolute atomic E-state index is 0.271. The predicted octanol–water partition coefficient (Wildman–Crippen LogP) is 4.96. The van der Waals surface area contributed by atoms with Crippen LogP contribution in [0.3, 0.4) is 0 Å². The maximum absolute atomic E-state index is 5.62. The molecule has 3 unspecified atom stereocenters. The van der Waals surface area contributed by atoms with Crippen molar-refractivity contribution in [2.75, 3.05) is 20.2 Å². The van der Waals surface area contributed by atoms with E-state index in [4.69, 9.17) is 4.74 Å². The zero-order valence-corrected chi connectivity index (χ0v) is 16.6. The Morgan fingerprint density at radius 2 is 2.12 bits per heavy atom. The third kappa shape index (κ3) is 2.48. The van der Waals surface area contributed by atoms with Crippen molar-refractivity contribution in [3.05, 3.63) is 41.5 Å². The fraction of sp³-hybridized carbons (Fsp3) is 0.667. The van der Waals surface area contributed by atoms with Crippen LogP contribution in [-0.2, 0) is 5.41 Å². The standard InChI is InChI=1S/C24H33NO/c1-15-5-8-19(26-4)11-22(15)24-9-10-25(14-18-6-7-18)17(3)23(24)21-12-20(21)16(2)13-24/h5,8,11,17-18,20-21,23H,2,6-7,9-10,12-14H2,1,3-4H3/t17-,20?,21?,23?,24-/m1/s1. The van der Waals surface area contributed by atoms with Crippen LogP contribution in [0, 0.1) is 30.6 Å². The molecule has 5 rings (SSSR count). The topological polar surface area (TPSA) is 12.5 Å². The van der Waals surface area contributed by atoms with E-state index in [9.17, 15) is 0 Å². The van der Waals surface area contributed by atoms with Crippen molar-refractivity contribution in [3.8, 4) is 5.75 Å². The average Bonchev–Trinajstić information content (AvgIpc) is 3.52. The second kappa shape index (κ2) is 5.86. The monoisotopic (exact) mass is 351 g/mol. The first-order valence-corrected chi connectivity index (χ1v) is 10.6. The smallest absolute Gasteiger partial charge is 0.119 e. The highest BCUT2D eigenvalue weighted by molar-refractivity contribution is 5.45. The van der Waals surface area contributed by atoms with Crippen LogP contribution in [-0.4, -0.2) is 31.1 Å². The minimum Gasteiger partial charge on any atom is -0.497 e. The summed E-state index contributed by atoms with van der Waals surface area (Å²) in [5, 5.41) is 0. The quantitative estimate of drug-likeness (QED) is 0.711. The van der Waals surface area contributed by atoms with Crippen molar-refractivity contribution in [3.63, 3.8) is 0 Å². The van der Waals surface area contributed by atoms with Crippen molar-refractivity contribution < 1.29 is 4.74 Å². The molecule has 4 aliphatic rings. The Kier molecular flexibility index (Phi) is 3.80. The highest BCUT2D eigenvalue weighted by Gasteiger charge is 2.62. The maximum atomic E-state index is 5.62. The van der Waals surface area contributed by atoms with Crippen molar-refractivity contribution in [1.29, 1.82) is 0 Å². The number of likely N-dealkylation sites (tertiary alicyclic amines) is 1. The van der Waals surface area contributed by atoms with Crippen LogP contribution in [0.5, 0.6) is 5.75 Å².